The van der Waals surface area contributed by atoms with Gasteiger partial charge >= 0.3 is 5.69 Å². The molecule has 2 aromatic heterocycles. The molecule has 1 atom stereocenters. The van der Waals surface area contributed by atoms with Crippen molar-refractivity contribution in [3.8, 4) is 0 Å². The Labute approximate surface area is 117 Å². The van der Waals surface area contributed by atoms with Gasteiger partial charge in [0.15, 0.2) is 5.65 Å². The maximum atomic E-state index is 11.5. The van der Waals surface area contributed by atoms with Crippen molar-refractivity contribution in [3.63, 3.8) is 0 Å². The Morgan fingerprint density at radius 1 is 1.50 bits per heavy atom. The first-order valence-corrected chi connectivity index (χ1v) is 7.19. The molecule has 2 aromatic rings. The van der Waals surface area contributed by atoms with Crippen LogP contribution in [0.5, 0.6) is 0 Å². The topological polar surface area (TPSA) is 78.3 Å². The average molecular weight is 276 g/mol. The summed E-state index contributed by atoms with van der Waals surface area (Å²) in [6.45, 7) is 5.07. The third-order valence-electron chi connectivity index (χ3n) is 3.85. The van der Waals surface area contributed by atoms with Crippen LogP contribution in [0.4, 0.5) is 5.82 Å². The van der Waals surface area contributed by atoms with Crippen LogP contribution < -0.4 is 15.9 Å². The molecule has 0 saturated carbocycles. The van der Waals surface area contributed by atoms with E-state index in [0.717, 1.165) is 25.5 Å². The first-order chi connectivity index (χ1) is 9.79. The van der Waals surface area contributed by atoms with Gasteiger partial charge < -0.3 is 10.2 Å². The minimum absolute atomic E-state index is 0.248. The first kappa shape index (κ1) is 13.1. The van der Waals surface area contributed by atoms with Gasteiger partial charge in [-0.05, 0) is 25.8 Å². The van der Waals surface area contributed by atoms with Gasteiger partial charge in [0.1, 0.15) is 12.1 Å². The van der Waals surface area contributed by atoms with Crippen LogP contribution in [0.3, 0.4) is 0 Å². The Bertz CT molecular complexity index is 633. The molecule has 7 nitrogen and oxygen atoms in total. The van der Waals surface area contributed by atoms with Crippen LogP contribution >= 0.6 is 0 Å². The second-order valence-corrected chi connectivity index (χ2v) is 5.15. The number of likely N-dealkylation sites (N-methyl/N-ethyl adjacent to an activating group) is 1. The summed E-state index contributed by atoms with van der Waals surface area (Å²) >= 11 is 0. The van der Waals surface area contributed by atoms with Gasteiger partial charge in [-0.3, -0.25) is 0 Å². The van der Waals surface area contributed by atoms with Crippen LogP contribution in [0.25, 0.3) is 5.65 Å². The Morgan fingerprint density at radius 2 is 2.40 bits per heavy atom. The number of anilines is 1. The fourth-order valence-corrected chi connectivity index (χ4v) is 2.78. The molecule has 1 unspecified atom stereocenters. The highest BCUT2D eigenvalue weighted by molar-refractivity contribution is 5.51. The summed E-state index contributed by atoms with van der Waals surface area (Å²) in [4.78, 5) is 18.2. The monoisotopic (exact) mass is 276 g/mol. The molecule has 0 bridgehead atoms. The molecular weight excluding hydrogens is 256 g/mol. The Kier molecular flexibility index (Phi) is 3.68. The molecule has 1 aliphatic rings. The highest BCUT2D eigenvalue weighted by Gasteiger charge is 2.23. The molecule has 0 aliphatic carbocycles. The van der Waals surface area contributed by atoms with E-state index in [1.807, 2.05) is 6.07 Å². The lowest BCUT2D eigenvalue weighted by Crippen LogP contribution is -2.46. The second-order valence-electron chi connectivity index (χ2n) is 5.15. The van der Waals surface area contributed by atoms with E-state index in [9.17, 15) is 4.79 Å². The van der Waals surface area contributed by atoms with E-state index in [1.54, 1.807) is 6.33 Å². The number of H-pyrrole nitrogens is 1. The van der Waals surface area contributed by atoms with E-state index in [-0.39, 0.29) is 5.69 Å². The molecule has 3 heterocycles. The summed E-state index contributed by atoms with van der Waals surface area (Å²) in [7, 11) is 0. The molecule has 1 aliphatic heterocycles. The molecular formula is C13H20N6O. The molecule has 108 valence electrons. The number of hydrogen-bond donors (Lipinski definition) is 2. The van der Waals surface area contributed by atoms with Crippen molar-refractivity contribution in [2.75, 3.05) is 24.5 Å². The van der Waals surface area contributed by atoms with Gasteiger partial charge in [0.25, 0.3) is 0 Å². The fourth-order valence-electron chi connectivity index (χ4n) is 2.78. The average Bonchev–Trinajstić information content (AvgIpc) is 2.86. The van der Waals surface area contributed by atoms with Gasteiger partial charge in [-0.1, -0.05) is 6.92 Å². The summed E-state index contributed by atoms with van der Waals surface area (Å²) < 4.78 is 1.42. The number of nitrogens with one attached hydrogen (secondary N) is 2. The highest BCUT2D eigenvalue weighted by Crippen LogP contribution is 2.23. The van der Waals surface area contributed by atoms with Crippen LogP contribution in [-0.4, -0.2) is 45.3 Å². The molecule has 1 fully saturated rings. The van der Waals surface area contributed by atoms with Crippen molar-refractivity contribution in [2.24, 2.45) is 0 Å². The maximum Gasteiger partial charge on any atom is 0.348 e. The summed E-state index contributed by atoms with van der Waals surface area (Å²) in [5, 5.41) is 9.86. The van der Waals surface area contributed by atoms with Crippen molar-refractivity contribution in [1.29, 1.82) is 0 Å². The normalized spacial score (nSPS) is 19.6. The number of piperidine rings is 1. The van der Waals surface area contributed by atoms with E-state index in [4.69, 9.17) is 0 Å². The second kappa shape index (κ2) is 5.62. The molecule has 20 heavy (non-hydrogen) atoms. The van der Waals surface area contributed by atoms with E-state index in [1.165, 1.54) is 23.7 Å². The van der Waals surface area contributed by atoms with Crippen molar-refractivity contribution in [2.45, 2.75) is 32.2 Å². The zero-order valence-corrected chi connectivity index (χ0v) is 11.7. The van der Waals surface area contributed by atoms with Gasteiger partial charge in [0.05, 0.1) is 0 Å². The number of aromatic nitrogens is 4. The largest absolute Gasteiger partial charge is 0.352 e. The highest BCUT2D eigenvalue weighted by atomic mass is 16.1. The minimum Gasteiger partial charge on any atom is -0.352 e. The third-order valence-corrected chi connectivity index (χ3v) is 3.85. The Balaban J connectivity index is 1.88. The summed E-state index contributed by atoms with van der Waals surface area (Å²) in [5.41, 5.74) is 0.370. The van der Waals surface area contributed by atoms with Crippen molar-refractivity contribution in [1.82, 2.24) is 24.9 Å². The first-order valence-electron chi connectivity index (χ1n) is 7.19. The van der Waals surface area contributed by atoms with Crippen LogP contribution in [0.1, 0.15) is 26.2 Å². The summed E-state index contributed by atoms with van der Waals surface area (Å²) in [6.07, 6.45) is 5.17. The van der Waals surface area contributed by atoms with E-state index >= 15 is 0 Å². The molecule has 2 N–H and O–H groups in total. The maximum absolute atomic E-state index is 11.5. The summed E-state index contributed by atoms with van der Waals surface area (Å²) in [5.74, 6) is 0.902. The lowest BCUT2D eigenvalue weighted by atomic mass is 10.0. The standard InChI is InChI=1S/C13H20N6O/c1-2-14-8-10-5-3-4-6-18(10)11-7-12-16-17-13(20)19(12)9-15-11/h7,9-10,14H,2-6,8H2,1H3,(H,17,20). The van der Waals surface area contributed by atoms with Crippen LogP contribution in [0.2, 0.25) is 0 Å². The van der Waals surface area contributed by atoms with E-state index < -0.39 is 0 Å². The van der Waals surface area contributed by atoms with Gasteiger partial charge in [0, 0.05) is 25.2 Å². The van der Waals surface area contributed by atoms with Gasteiger partial charge in [-0.15, -0.1) is 0 Å². The molecule has 3 rings (SSSR count). The molecule has 0 spiro atoms. The molecule has 0 aromatic carbocycles. The number of rotatable bonds is 4. The van der Waals surface area contributed by atoms with Crippen LogP contribution in [0, 0.1) is 0 Å². The van der Waals surface area contributed by atoms with Crippen LogP contribution in [0.15, 0.2) is 17.2 Å². The molecule has 1 saturated heterocycles. The van der Waals surface area contributed by atoms with Gasteiger partial charge in [-0.2, -0.15) is 5.10 Å². The lowest BCUT2D eigenvalue weighted by Gasteiger charge is -2.36. The van der Waals surface area contributed by atoms with Gasteiger partial charge in [0.2, 0.25) is 0 Å². The van der Waals surface area contributed by atoms with Crippen molar-refractivity contribution >= 4 is 11.5 Å². The van der Waals surface area contributed by atoms with E-state index in [0.29, 0.717) is 11.7 Å². The predicted molar refractivity (Wildman–Crippen MR) is 77.1 cm³/mol. The smallest absolute Gasteiger partial charge is 0.348 e. The summed E-state index contributed by atoms with van der Waals surface area (Å²) in [6, 6.07) is 2.34. The molecule has 0 radical (unpaired) electrons. The Morgan fingerprint density at radius 3 is 3.25 bits per heavy atom. The SMILES string of the molecule is CCNCC1CCCCN1c1cc2n[nH]c(=O)n2cn1. The Hall–Kier alpha value is -1.89. The molecule has 7 heteroatoms. The zero-order valence-electron chi connectivity index (χ0n) is 11.7. The fraction of sp³-hybridized carbons (Fsp3) is 0.615. The van der Waals surface area contributed by atoms with Gasteiger partial charge in [-0.25, -0.2) is 19.3 Å². The number of aromatic amines is 1. The third kappa shape index (κ3) is 2.40. The predicted octanol–water partition coefficient (Wildman–Crippen LogP) is 0.386. The number of nitrogens with zero attached hydrogens (tertiary/aromatic N) is 4. The van der Waals surface area contributed by atoms with Crippen molar-refractivity contribution in [3.05, 3.63) is 22.9 Å². The minimum atomic E-state index is -0.248. The molecule has 0 amide bonds. The van der Waals surface area contributed by atoms with Crippen molar-refractivity contribution < 1.29 is 0 Å². The number of hydrogen-bond acceptors (Lipinski definition) is 5. The van der Waals surface area contributed by atoms with E-state index in [2.05, 4.69) is 32.3 Å². The lowest BCUT2D eigenvalue weighted by molar-refractivity contribution is 0.436. The quantitative estimate of drug-likeness (QED) is 0.844. The van der Waals surface area contributed by atoms with Crippen LogP contribution in [-0.2, 0) is 0 Å². The zero-order chi connectivity index (χ0) is 13.9. The number of fused-ring (bicyclic) bond motifs is 1.